The molecule has 202 valence electrons. The van der Waals surface area contributed by atoms with Gasteiger partial charge in [0.15, 0.2) is 5.82 Å². The first-order chi connectivity index (χ1) is 21.3. The molecular weight excluding hydrogens is 541 g/mol. The molecule has 6 aromatic carbocycles. The van der Waals surface area contributed by atoms with Crippen molar-refractivity contribution in [1.29, 1.82) is 0 Å². The van der Waals surface area contributed by atoms with Crippen LogP contribution in [0.5, 0.6) is 0 Å². The fourth-order valence-corrected chi connectivity index (χ4v) is 7.06. The number of fused-ring (bicyclic) bond motifs is 3. The van der Waals surface area contributed by atoms with E-state index in [1.807, 2.05) is 35.6 Å². The monoisotopic (exact) mass is 566 g/mol. The average molecular weight is 567 g/mol. The van der Waals surface area contributed by atoms with Crippen LogP contribution in [-0.4, -0.2) is 9.97 Å². The molecule has 3 heteroatoms. The third kappa shape index (κ3) is 4.70. The molecule has 43 heavy (non-hydrogen) atoms. The minimum atomic E-state index is 0.716. The normalized spacial score (nSPS) is 11.3. The molecule has 2 heterocycles. The summed E-state index contributed by atoms with van der Waals surface area (Å²) in [4.78, 5) is 10.2. The number of hydrogen-bond donors (Lipinski definition) is 0. The molecule has 0 radical (unpaired) electrons. The highest BCUT2D eigenvalue weighted by Crippen LogP contribution is 2.42. The van der Waals surface area contributed by atoms with Crippen molar-refractivity contribution in [1.82, 2.24) is 9.97 Å². The van der Waals surface area contributed by atoms with Gasteiger partial charge in [0.2, 0.25) is 0 Å². The molecule has 0 aliphatic carbocycles. The molecule has 0 saturated heterocycles. The van der Waals surface area contributed by atoms with Gasteiger partial charge in [-0.2, -0.15) is 0 Å². The van der Waals surface area contributed by atoms with E-state index in [0.29, 0.717) is 5.82 Å². The summed E-state index contributed by atoms with van der Waals surface area (Å²) >= 11 is 1.86. The van der Waals surface area contributed by atoms with Gasteiger partial charge in [0.25, 0.3) is 0 Å². The lowest BCUT2D eigenvalue weighted by Gasteiger charge is -2.15. The van der Waals surface area contributed by atoms with Crippen LogP contribution in [0.3, 0.4) is 0 Å². The zero-order valence-electron chi connectivity index (χ0n) is 23.3. The minimum Gasteiger partial charge on any atom is -0.228 e. The Kier molecular flexibility index (Phi) is 6.36. The van der Waals surface area contributed by atoms with Gasteiger partial charge in [0.1, 0.15) is 0 Å². The number of hydrogen-bond acceptors (Lipinski definition) is 3. The van der Waals surface area contributed by atoms with Gasteiger partial charge < -0.3 is 0 Å². The van der Waals surface area contributed by atoms with Crippen molar-refractivity contribution in [3.63, 3.8) is 0 Å². The zero-order valence-corrected chi connectivity index (χ0v) is 24.1. The Labute approximate surface area is 254 Å². The van der Waals surface area contributed by atoms with E-state index in [2.05, 4.69) is 133 Å². The maximum absolute atomic E-state index is 5.21. The van der Waals surface area contributed by atoms with E-state index in [1.54, 1.807) is 0 Å². The summed E-state index contributed by atoms with van der Waals surface area (Å²) in [5, 5.41) is 2.60. The fraction of sp³-hybridized carbons (Fsp3) is 0. The number of thiophene rings is 1. The second-order valence-electron chi connectivity index (χ2n) is 10.6. The van der Waals surface area contributed by atoms with E-state index >= 15 is 0 Å². The molecule has 2 aromatic heterocycles. The van der Waals surface area contributed by atoms with Gasteiger partial charge in [-0.3, -0.25) is 0 Å². The van der Waals surface area contributed by atoms with Crippen LogP contribution in [0.25, 0.3) is 76.3 Å². The Morgan fingerprint density at radius 3 is 1.77 bits per heavy atom. The standard InChI is InChI=1S/C40H26N2S/c1-4-13-27(14-5-1)31-24-23-30(32-20-12-21-34-33-19-10-11-22-38(33)43-39(32)34)25-35(31)37-26-36(28-15-6-2-7-16-28)41-40(42-37)29-17-8-3-9-18-29/h1-26H. The largest absolute Gasteiger partial charge is 0.228 e. The van der Waals surface area contributed by atoms with Crippen molar-refractivity contribution in [3.05, 3.63) is 158 Å². The molecule has 0 fully saturated rings. The first-order valence-electron chi connectivity index (χ1n) is 14.4. The number of benzene rings is 6. The third-order valence-electron chi connectivity index (χ3n) is 7.92. The van der Waals surface area contributed by atoms with Gasteiger partial charge in [0, 0.05) is 36.9 Å². The summed E-state index contributed by atoms with van der Waals surface area (Å²) in [5.41, 5.74) is 9.66. The topological polar surface area (TPSA) is 25.8 Å². The van der Waals surface area contributed by atoms with Crippen LogP contribution < -0.4 is 0 Å². The van der Waals surface area contributed by atoms with Crippen LogP contribution in [0.2, 0.25) is 0 Å². The Hall–Kier alpha value is -5.38. The highest BCUT2D eigenvalue weighted by atomic mass is 32.1. The summed E-state index contributed by atoms with van der Waals surface area (Å²) in [7, 11) is 0. The lowest BCUT2D eigenvalue weighted by molar-refractivity contribution is 1.18. The van der Waals surface area contributed by atoms with Crippen LogP contribution in [0, 0.1) is 0 Å². The van der Waals surface area contributed by atoms with Gasteiger partial charge in [-0.25, -0.2) is 9.97 Å². The van der Waals surface area contributed by atoms with Gasteiger partial charge in [-0.1, -0.05) is 140 Å². The SMILES string of the molecule is c1ccc(-c2cc(-c3cc(-c4cccc5c4sc4ccccc45)ccc3-c3ccccc3)nc(-c3ccccc3)n2)cc1. The molecule has 0 saturated carbocycles. The maximum Gasteiger partial charge on any atom is 0.160 e. The van der Waals surface area contributed by atoms with E-state index in [4.69, 9.17) is 9.97 Å². The number of rotatable bonds is 5. The van der Waals surface area contributed by atoms with E-state index in [-0.39, 0.29) is 0 Å². The molecule has 0 atom stereocenters. The highest BCUT2D eigenvalue weighted by molar-refractivity contribution is 7.26. The van der Waals surface area contributed by atoms with E-state index in [9.17, 15) is 0 Å². The van der Waals surface area contributed by atoms with Crippen molar-refractivity contribution >= 4 is 31.5 Å². The number of nitrogens with zero attached hydrogens (tertiary/aromatic N) is 2. The smallest absolute Gasteiger partial charge is 0.160 e. The molecule has 0 aliphatic rings. The van der Waals surface area contributed by atoms with Crippen LogP contribution in [0.15, 0.2) is 158 Å². The maximum atomic E-state index is 5.21. The molecule has 8 rings (SSSR count). The van der Waals surface area contributed by atoms with Crippen LogP contribution in [-0.2, 0) is 0 Å². The molecular formula is C40H26N2S. The Bertz CT molecular complexity index is 2160. The Balaban J connectivity index is 1.39. The Morgan fingerprint density at radius 1 is 0.372 bits per heavy atom. The third-order valence-corrected chi connectivity index (χ3v) is 9.14. The molecule has 2 nitrogen and oxygen atoms in total. The molecule has 0 aliphatic heterocycles. The van der Waals surface area contributed by atoms with Crippen LogP contribution >= 0.6 is 11.3 Å². The van der Waals surface area contributed by atoms with Crippen molar-refractivity contribution in [3.8, 4) is 56.2 Å². The van der Waals surface area contributed by atoms with E-state index in [0.717, 1.165) is 39.2 Å². The van der Waals surface area contributed by atoms with Crippen LogP contribution in [0.1, 0.15) is 0 Å². The van der Waals surface area contributed by atoms with E-state index < -0.39 is 0 Å². The first-order valence-corrected chi connectivity index (χ1v) is 15.2. The Morgan fingerprint density at radius 2 is 1.00 bits per heavy atom. The zero-order chi connectivity index (χ0) is 28.6. The van der Waals surface area contributed by atoms with Gasteiger partial charge in [-0.05, 0) is 40.5 Å². The molecule has 0 bridgehead atoms. The van der Waals surface area contributed by atoms with Crippen LogP contribution in [0.4, 0.5) is 0 Å². The minimum absolute atomic E-state index is 0.716. The van der Waals surface area contributed by atoms with Crippen molar-refractivity contribution in [2.75, 3.05) is 0 Å². The predicted molar refractivity (Wildman–Crippen MR) is 182 cm³/mol. The molecule has 8 aromatic rings. The molecule has 0 N–H and O–H groups in total. The predicted octanol–water partition coefficient (Wildman–Crippen LogP) is 11.2. The molecule has 0 unspecified atom stereocenters. The quantitative estimate of drug-likeness (QED) is 0.207. The summed E-state index contributed by atoms with van der Waals surface area (Å²) in [5.74, 6) is 0.716. The van der Waals surface area contributed by atoms with Crippen molar-refractivity contribution in [2.24, 2.45) is 0 Å². The summed E-state index contributed by atoms with van der Waals surface area (Å²) in [6, 6.07) is 55.5. The summed E-state index contributed by atoms with van der Waals surface area (Å²) in [6.07, 6.45) is 0. The van der Waals surface area contributed by atoms with Gasteiger partial charge in [-0.15, -0.1) is 11.3 Å². The van der Waals surface area contributed by atoms with Gasteiger partial charge >= 0.3 is 0 Å². The molecule has 0 amide bonds. The van der Waals surface area contributed by atoms with Crippen molar-refractivity contribution in [2.45, 2.75) is 0 Å². The van der Waals surface area contributed by atoms with E-state index in [1.165, 1.54) is 31.3 Å². The lowest BCUT2D eigenvalue weighted by atomic mass is 9.92. The second kappa shape index (κ2) is 10.8. The number of aromatic nitrogens is 2. The van der Waals surface area contributed by atoms with Crippen molar-refractivity contribution < 1.29 is 0 Å². The molecule has 0 spiro atoms. The lowest BCUT2D eigenvalue weighted by Crippen LogP contribution is -1.97. The summed E-state index contributed by atoms with van der Waals surface area (Å²) < 4.78 is 2.61. The highest BCUT2D eigenvalue weighted by Gasteiger charge is 2.17. The fourth-order valence-electron chi connectivity index (χ4n) is 5.83. The van der Waals surface area contributed by atoms with Gasteiger partial charge in [0.05, 0.1) is 11.4 Å². The second-order valence-corrected chi connectivity index (χ2v) is 11.7. The average Bonchev–Trinajstić information content (AvgIpc) is 3.48. The first kappa shape index (κ1) is 25.3. The summed E-state index contributed by atoms with van der Waals surface area (Å²) in [6.45, 7) is 0.